The maximum Gasteiger partial charge on any atom is 0.221 e. The fraction of sp³-hybridized carbons (Fsp3) is 0.583. The second-order valence-electron chi connectivity index (χ2n) is 4.53. The smallest absolute Gasteiger partial charge is 0.221 e. The first kappa shape index (κ1) is 11.6. The predicted octanol–water partition coefficient (Wildman–Crippen LogP) is 1.86. The summed E-state index contributed by atoms with van der Waals surface area (Å²) in [4.78, 5) is 8.11. The minimum atomic E-state index is 0.0688. The van der Waals surface area contributed by atoms with Crippen LogP contribution >= 0.6 is 0 Å². The monoisotopic (exact) mass is 231 g/mol. The van der Waals surface area contributed by atoms with E-state index in [0.29, 0.717) is 0 Å². The van der Waals surface area contributed by atoms with E-state index in [0.717, 1.165) is 37.1 Å². The first-order valence-electron chi connectivity index (χ1n) is 5.96. The van der Waals surface area contributed by atoms with E-state index >= 15 is 0 Å². The zero-order valence-electron chi connectivity index (χ0n) is 9.98. The largest absolute Gasteiger partial charge is 0.368 e. The maximum atomic E-state index is 9.12. The van der Waals surface area contributed by atoms with Crippen molar-refractivity contribution in [3.05, 3.63) is 11.8 Å². The number of nitrogens with two attached hydrogens (primary N) is 1. The van der Waals surface area contributed by atoms with Crippen LogP contribution in [0.2, 0.25) is 0 Å². The number of hydrogen-bond acceptors (Lipinski definition) is 5. The molecule has 2 rings (SSSR count). The molecule has 1 aliphatic carbocycles. The zero-order chi connectivity index (χ0) is 12.3. The number of anilines is 2. The molecule has 90 valence electrons. The van der Waals surface area contributed by atoms with Gasteiger partial charge in [0.25, 0.3) is 0 Å². The lowest BCUT2D eigenvalue weighted by molar-refractivity contribution is 0.388. The number of aromatic nitrogens is 2. The van der Waals surface area contributed by atoms with Crippen molar-refractivity contribution in [2.75, 3.05) is 11.1 Å². The molecule has 0 amide bonds. The molecule has 0 radical (unpaired) electrons. The highest BCUT2D eigenvalue weighted by Gasteiger charge is 2.25. The molecule has 1 fully saturated rings. The highest BCUT2D eigenvalue weighted by molar-refractivity contribution is 5.46. The Bertz CT molecular complexity index is 437. The van der Waals surface area contributed by atoms with Gasteiger partial charge in [0.2, 0.25) is 5.95 Å². The van der Waals surface area contributed by atoms with Crippen LogP contribution in [0, 0.1) is 24.2 Å². The van der Waals surface area contributed by atoms with Crippen molar-refractivity contribution in [2.24, 2.45) is 5.92 Å². The second-order valence-corrected chi connectivity index (χ2v) is 4.53. The second kappa shape index (κ2) is 5.00. The van der Waals surface area contributed by atoms with Gasteiger partial charge in [0.1, 0.15) is 5.82 Å². The summed E-state index contributed by atoms with van der Waals surface area (Å²) >= 11 is 0. The molecule has 1 heterocycles. The molecule has 0 spiro atoms. The summed E-state index contributed by atoms with van der Waals surface area (Å²) in [6.07, 6.45) is 5.99. The Kier molecular flexibility index (Phi) is 3.43. The van der Waals surface area contributed by atoms with Gasteiger partial charge in [-0.2, -0.15) is 10.2 Å². The summed E-state index contributed by atoms with van der Waals surface area (Å²) in [6.45, 7) is 1.94. The molecule has 0 aromatic carbocycles. The Morgan fingerprint density at radius 2 is 2.24 bits per heavy atom. The topological polar surface area (TPSA) is 87.6 Å². The van der Waals surface area contributed by atoms with E-state index in [2.05, 4.69) is 21.4 Å². The van der Waals surface area contributed by atoms with Crippen LogP contribution in [0.15, 0.2) is 6.20 Å². The lowest BCUT2D eigenvalue weighted by atomic mass is 9.85. The SMILES string of the molecule is Cc1cnc(N)nc1N[C@H]1CCCCC1C#N. The van der Waals surface area contributed by atoms with Gasteiger partial charge < -0.3 is 11.1 Å². The molecule has 1 aromatic heterocycles. The first-order chi connectivity index (χ1) is 8.20. The highest BCUT2D eigenvalue weighted by Crippen LogP contribution is 2.27. The van der Waals surface area contributed by atoms with Crippen LogP contribution in [0.5, 0.6) is 0 Å². The molecule has 0 saturated heterocycles. The van der Waals surface area contributed by atoms with Gasteiger partial charge in [0, 0.05) is 17.8 Å². The Morgan fingerprint density at radius 1 is 1.47 bits per heavy atom. The fourth-order valence-corrected chi connectivity index (χ4v) is 2.24. The van der Waals surface area contributed by atoms with Crippen LogP contribution in [0.25, 0.3) is 0 Å². The minimum absolute atomic E-state index is 0.0688. The number of nitrogen functional groups attached to an aromatic ring is 1. The van der Waals surface area contributed by atoms with Gasteiger partial charge in [0.05, 0.1) is 12.0 Å². The Hall–Kier alpha value is -1.83. The summed E-state index contributed by atoms with van der Waals surface area (Å²) in [5, 5.41) is 12.5. The van der Waals surface area contributed by atoms with Crippen molar-refractivity contribution < 1.29 is 0 Å². The summed E-state index contributed by atoms with van der Waals surface area (Å²) in [5.41, 5.74) is 6.53. The van der Waals surface area contributed by atoms with Crippen LogP contribution in [0.3, 0.4) is 0 Å². The third-order valence-electron chi connectivity index (χ3n) is 3.24. The van der Waals surface area contributed by atoms with Gasteiger partial charge in [-0.1, -0.05) is 12.8 Å². The van der Waals surface area contributed by atoms with Crippen LogP contribution < -0.4 is 11.1 Å². The average molecular weight is 231 g/mol. The van der Waals surface area contributed by atoms with Crippen LogP contribution in [-0.4, -0.2) is 16.0 Å². The molecule has 5 heteroatoms. The predicted molar refractivity (Wildman–Crippen MR) is 66.2 cm³/mol. The van der Waals surface area contributed by atoms with Gasteiger partial charge in [-0.15, -0.1) is 0 Å². The average Bonchev–Trinajstić information content (AvgIpc) is 2.34. The molecule has 17 heavy (non-hydrogen) atoms. The van der Waals surface area contributed by atoms with E-state index in [-0.39, 0.29) is 17.9 Å². The minimum Gasteiger partial charge on any atom is -0.368 e. The lowest BCUT2D eigenvalue weighted by Crippen LogP contribution is -2.32. The Morgan fingerprint density at radius 3 is 3.00 bits per heavy atom. The molecule has 1 aromatic rings. The number of aryl methyl sites for hydroxylation is 1. The van der Waals surface area contributed by atoms with E-state index in [1.165, 1.54) is 0 Å². The molecule has 1 aliphatic rings. The van der Waals surface area contributed by atoms with Crippen molar-refractivity contribution in [3.8, 4) is 6.07 Å². The van der Waals surface area contributed by atoms with E-state index < -0.39 is 0 Å². The summed E-state index contributed by atoms with van der Waals surface area (Å²) in [6, 6.07) is 2.55. The summed E-state index contributed by atoms with van der Waals surface area (Å²) in [7, 11) is 0. The van der Waals surface area contributed by atoms with Crippen LogP contribution in [0.4, 0.5) is 11.8 Å². The van der Waals surface area contributed by atoms with Crippen molar-refractivity contribution in [2.45, 2.75) is 38.6 Å². The van der Waals surface area contributed by atoms with Gasteiger partial charge in [-0.25, -0.2) is 4.98 Å². The van der Waals surface area contributed by atoms with Crippen molar-refractivity contribution in [1.29, 1.82) is 5.26 Å². The highest BCUT2D eigenvalue weighted by atomic mass is 15.1. The van der Waals surface area contributed by atoms with Crippen LogP contribution in [0.1, 0.15) is 31.2 Å². The summed E-state index contributed by atoms with van der Waals surface area (Å²) < 4.78 is 0. The van der Waals surface area contributed by atoms with Gasteiger partial charge in [-0.05, 0) is 19.8 Å². The fourth-order valence-electron chi connectivity index (χ4n) is 2.24. The lowest BCUT2D eigenvalue weighted by Gasteiger charge is -2.28. The molecule has 1 unspecified atom stereocenters. The maximum absolute atomic E-state index is 9.12. The van der Waals surface area contributed by atoms with Gasteiger partial charge in [-0.3, -0.25) is 0 Å². The standard InChI is InChI=1S/C12H17N5/c1-8-7-15-12(14)17-11(8)16-10-5-3-2-4-9(10)6-13/h7,9-10H,2-5H2,1H3,(H3,14,15,16,17)/t9?,10-/m0/s1. The van der Waals surface area contributed by atoms with Crippen molar-refractivity contribution >= 4 is 11.8 Å². The van der Waals surface area contributed by atoms with E-state index in [1.807, 2.05) is 6.92 Å². The number of nitriles is 1. The molecule has 5 nitrogen and oxygen atoms in total. The molecule has 0 bridgehead atoms. The quantitative estimate of drug-likeness (QED) is 0.811. The van der Waals surface area contributed by atoms with E-state index in [4.69, 9.17) is 11.0 Å². The third kappa shape index (κ3) is 2.64. The van der Waals surface area contributed by atoms with E-state index in [1.54, 1.807) is 6.20 Å². The van der Waals surface area contributed by atoms with Crippen LogP contribution in [-0.2, 0) is 0 Å². The first-order valence-corrected chi connectivity index (χ1v) is 5.96. The number of nitrogens with zero attached hydrogens (tertiary/aromatic N) is 3. The Balaban J connectivity index is 2.14. The number of hydrogen-bond donors (Lipinski definition) is 2. The molecule has 2 atom stereocenters. The molecule has 3 N–H and O–H groups in total. The number of rotatable bonds is 2. The normalized spacial score (nSPS) is 24.0. The van der Waals surface area contributed by atoms with Crippen molar-refractivity contribution in [3.63, 3.8) is 0 Å². The van der Waals surface area contributed by atoms with Gasteiger partial charge in [0.15, 0.2) is 0 Å². The van der Waals surface area contributed by atoms with Crippen molar-refractivity contribution in [1.82, 2.24) is 9.97 Å². The zero-order valence-corrected chi connectivity index (χ0v) is 9.98. The van der Waals surface area contributed by atoms with Gasteiger partial charge >= 0.3 is 0 Å². The molecular weight excluding hydrogens is 214 g/mol. The molecular formula is C12H17N5. The summed E-state index contributed by atoms with van der Waals surface area (Å²) in [5.74, 6) is 1.09. The third-order valence-corrected chi connectivity index (χ3v) is 3.24. The number of nitrogens with one attached hydrogen (secondary N) is 1. The van der Waals surface area contributed by atoms with E-state index in [9.17, 15) is 0 Å². The molecule has 1 saturated carbocycles. The molecule has 0 aliphatic heterocycles. The Labute approximate surface area is 101 Å².